The molecule has 0 bridgehead atoms. The van der Waals surface area contributed by atoms with E-state index in [2.05, 4.69) is 5.32 Å². The normalized spacial score (nSPS) is 26.3. The minimum absolute atomic E-state index is 0.0392. The van der Waals surface area contributed by atoms with E-state index in [1.807, 2.05) is 0 Å². The molecule has 0 aromatic carbocycles. The van der Waals surface area contributed by atoms with Gasteiger partial charge in [0.25, 0.3) is 0 Å². The summed E-state index contributed by atoms with van der Waals surface area (Å²) in [5.74, 6) is -1.08. The van der Waals surface area contributed by atoms with Gasteiger partial charge in [-0.05, 0) is 25.7 Å². The van der Waals surface area contributed by atoms with Gasteiger partial charge in [-0.3, -0.25) is 9.59 Å². The van der Waals surface area contributed by atoms with Crippen LogP contribution in [-0.2, 0) is 9.59 Å². The van der Waals surface area contributed by atoms with Gasteiger partial charge in [0.05, 0.1) is 5.92 Å². The van der Waals surface area contributed by atoms with E-state index >= 15 is 0 Å². The number of urea groups is 1. The molecule has 2 atom stereocenters. The standard InChI is InChI=1S/C14H23N3O4/c1-10(18)16-5-2-6-17(8-7-16)14(21)15-12-4-3-11(9-12)13(19)20/h11-12H,2-9H2,1H3,(H,15,21)(H,19,20). The average molecular weight is 297 g/mol. The van der Waals surface area contributed by atoms with Gasteiger partial charge in [-0.25, -0.2) is 4.79 Å². The zero-order chi connectivity index (χ0) is 15.4. The maximum atomic E-state index is 12.2. The van der Waals surface area contributed by atoms with Crippen molar-refractivity contribution in [3.63, 3.8) is 0 Å². The fourth-order valence-corrected chi connectivity index (χ4v) is 3.04. The Balaban J connectivity index is 1.81. The molecule has 0 spiro atoms. The largest absolute Gasteiger partial charge is 0.481 e. The highest BCUT2D eigenvalue weighted by Crippen LogP contribution is 2.25. The lowest BCUT2D eigenvalue weighted by Crippen LogP contribution is -2.45. The number of carboxylic acids is 1. The second-order valence-corrected chi connectivity index (χ2v) is 5.84. The Morgan fingerprint density at radius 3 is 2.33 bits per heavy atom. The van der Waals surface area contributed by atoms with Crippen molar-refractivity contribution in [2.75, 3.05) is 26.2 Å². The first-order chi connectivity index (χ1) is 9.97. The van der Waals surface area contributed by atoms with E-state index in [4.69, 9.17) is 5.11 Å². The highest BCUT2D eigenvalue weighted by Gasteiger charge is 2.31. The summed E-state index contributed by atoms with van der Waals surface area (Å²) in [6.07, 6.45) is 2.62. The SMILES string of the molecule is CC(=O)N1CCCN(C(=O)NC2CCC(C(=O)O)C2)CC1. The van der Waals surface area contributed by atoms with Crippen molar-refractivity contribution < 1.29 is 19.5 Å². The van der Waals surface area contributed by atoms with Crippen molar-refractivity contribution in [2.24, 2.45) is 5.92 Å². The van der Waals surface area contributed by atoms with Gasteiger partial charge >= 0.3 is 12.0 Å². The topological polar surface area (TPSA) is 90.0 Å². The highest BCUT2D eigenvalue weighted by atomic mass is 16.4. The zero-order valence-electron chi connectivity index (χ0n) is 12.4. The number of aliphatic carboxylic acids is 1. The minimum Gasteiger partial charge on any atom is -0.481 e. The van der Waals surface area contributed by atoms with E-state index in [0.29, 0.717) is 39.0 Å². The summed E-state index contributed by atoms with van der Waals surface area (Å²) in [6, 6.07) is -0.192. The Kier molecular flexibility index (Phi) is 5.03. The molecule has 1 saturated heterocycles. The molecular weight excluding hydrogens is 274 g/mol. The van der Waals surface area contributed by atoms with Crippen molar-refractivity contribution in [3.05, 3.63) is 0 Å². The third-order valence-corrected chi connectivity index (χ3v) is 4.34. The van der Waals surface area contributed by atoms with Crippen molar-refractivity contribution >= 4 is 17.9 Å². The molecule has 1 heterocycles. The molecule has 3 amide bonds. The molecule has 2 N–H and O–H groups in total. The number of nitrogens with zero attached hydrogens (tertiary/aromatic N) is 2. The zero-order valence-corrected chi connectivity index (χ0v) is 12.4. The lowest BCUT2D eigenvalue weighted by molar-refractivity contribution is -0.141. The number of amides is 3. The lowest BCUT2D eigenvalue weighted by atomic mass is 10.1. The van der Waals surface area contributed by atoms with Crippen molar-refractivity contribution in [1.29, 1.82) is 0 Å². The van der Waals surface area contributed by atoms with Crippen molar-refractivity contribution in [3.8, 4) is 0 Å². The van der Waals surface area contributed by atoms with Crippen LogP contribution in [0.25, 0.3) is 0 Å². The lowest BCUT2D eigenvalue weighted by Gasteiger charge is -2.24. The number of carboxylic acid groups (broad SMARTS) is 1. The molecule has 118 valence electrons. The van der Waals surface area contributed by atoms with Crippen LogP contribution in [0.2, 0.25) is 0 Å². The van der Waals surface area contributed by atoms with Crippen LogP contribution >= 0.6 is 0 Å². The van der Waals surface area contributed by atoms with Gasteiger partial charge in [-0.2, -0.15) is 0 Å². The Labute approximate surface area is 124 Å². The second kappa shape index (κ2) is 6.78. The van der Waals surface area contributed by atoms with Gasteiger partial charge in [0, 0.05) is 39.1 Å². The van der Waals surface area contributed by atoms with Gasteiger partial charge in [-0.1, -0.05) is 0 Å². The van der Waals surface area contributed by atoms with E-state index < -0.39 is 5.97 Å². The summed E-state index contributed by atoms with van der Waals surface area (Å²) in [7, 11) is 0. The van der Waals surface area contributed by atoms with Crippen LogP contribution in [0, 0.1) is 5.92 Å². The van der Waals surface area contributed by atoms with E-state index in [0.717, 1.165) is 12.8 Å². The van der Waals surface area contributed by atoms with E-state index in [1.165, 1.54) is 0 Å². The second-order valence-electron chi connectivity index (χ2n) is 5.84. The number of carbonyl (C=O) groups excluding carboxylic acids is 2. The van der Waals surface area contributed by atoms with Crippen LogP contribution in [-0.4, -0.2) is 65.0 Å². The summed E-state index contributed by atoms with van der Waals surface area (Å²) in [5, 5.41) is 11.9. The third-order valence-electron chi connectivity index (χ3n) is 4.34. The van der Waals surface area contributed by atoms with Gasteiger partial charge in [0.15, 0.2) is 0 Å². The number of rotatable bonds is 2. The average Bonchev–Trinajstić information content (AvgIpc) is 2.74. The van der Waals surface area contributed by atoms with Gasteiger partial charge in [-0.15, -0.1) is 0 Å². The van der Waals surface area contributed by atoms with Crippen LogP contribution in [0.5, 0.6) is 0 Å². The maximum Gasteiger partial charge on any atom is 0.317 e. The molecule has 2 rings (SSSR count). The van der Waals surface area contributed by atoms with Gasteiger partial charge in [0.2, 0.25) is 5.91 Å². The molecule has 0 aromatic heterocycles. The molecule has 1 aliphatic carbocycles. The first-order valence-corrected chi connectivity index (χ1v) is 7.51. The number of nitrogens with one attached hydrogen (secondary N) is 1. The summed E-state index contributed by atoms with van der Waals surface area (Å²) >= 11 is 0. The molecule has 21 heavy (non-hydrogen) atoms. The third kappa shape index (κ3) is 4.09. The number of carbonyl (C=O) groups is 3. The van der Waals surface area contributed by atoms with Crippen LogP contribution in [0.4, 0.5) is 4.79 Å². The molecular formula is C14H23N3O4. The summed E-state index contributed by atoms with van der Waals surface area (Å²) in [4.78, 5) is 38.0. The van der Waals surface area contributed by atoms with Crippen LogP contribution in [0.3, 0.4) is 0 Å². The molecule has 1 aliphatic heterocycles. The van der Waals surface area contributed by atoms with Crippen molar-refractivity contribution in [2.45, 2.75) is 38.6 Å². The molecule has 2 unspecified atom stereocenters. The van der Waals surface area contributed by atoms with E-state index in [-0.39, 0.29) is 23.9 Å². The quantitative estimate of drug-likeness (QED) is 0.777. The molecule has 0 aromatic rings. The molecule has 7 nitrogen and oxygen atoms in total. The fourth-order valence-electron chi connectivity index (χ4n) is 3.04. The molecule has 1 saturated carbocycles. The van der Waals surface area contributed by atoms with Gasteiger partial charge < -0.3 is 20.2 Å². The first-order valence-electron chi connectivity index (χ1n) is 7.51. The Hall–Kier alpha value is -1.79. The summed E-state index contributed by atoms with van der Waals surface area (Å²) in [5.41, 5.74) is 0. The molecule has 0 radical (unpaired) electrons. The van der Waals surface area contributed by atoms with Crippen LogP contribution < -0.4 is 5.32 Å². The Bertz CT molecular complexity index is 426. The molecule has 2 fully saturated rings. The summed E-state index contributed by atoms with van der Waals surface area (Å²) in [6.45, 7) is 3.94. The predicted octanol–water partition coefficient (Wildman–Crippen LogP) is 0.504. The molecule has 2 aliphatic rings. The molecule has 7 heteroatoms. The Morgan fingerprint density at radius 1 is 1.05 bits per heavy atom. The highest BCUT2D eigenvalue weighted by molar-refractivity contribution is 5.76. The number of hydrogen-bond acceptors (Lipinski definition) is 3. The van der Waals surface area contributed by atoms with Gasteiger partial charge in [0.1, 0.15) is 0 Å². The monoisotopic (exact) mass is 297 g/mol. The smallest absolute Gasteiger partial charge is 0.317 e. The fraction of sp³-hybridized carbons (Fsp3) is 0.786. The Morgan fingerprint density at radius 2 is 1.71 bits per heavy atom. The van der Waals surface area contributed by atoms with Crippen LogP contribution in [0.1, 0.15) is 32.6 Å². The predicted molar refractivity (Wildman–Crippen MR) is 75.7 cm³/mol. The first kappa shape index (κ1) is 15.6. The van der Waals surface area contributed by atoms with Crippen molar-refractivity contribution in [1.82, 2.24) is 15.1 Å². The minimum atomic E-state index is -0.779. The summed E-state index contributed by atoms with van der Waals surface area (Å²) < 4.78 is 0. The van der Waals surface area contributed by atoms with Crippen LogP contribution in [0.15, 0.2) is 0 Å². The van der Waals surface area contributed by atoms with E-state index in [9.17, 15) is 14.4 Å². The maximum absolute atomic E-state index is 12.2. The number of hydrogen-bond donors (Lipinski definition) is 2. The van der Waals surface area contributed by atoms with E-state index in [1.54, 1.807) is 16.7 Å².